The van der Waals surface area contributed by atoms with E-state index in [1.165, 1.54) is 0 Å². The molecule has 0 amide bonds. The summed E-state index contributed by atoms with van der Waals surface area (Å²) in [7, 11) is 1.67. The highest BCUT2D eigenvalue weighted by Gasteiger charge is 2.51. The molecule has 4 nitrogen and oxygen atoms in total. The Balaban J connectivity index is 2.52. The molecule has 1 rings (SSSR count). The largest absolute Gasteiger partial charge is 0.465 e. The van der Waals surface area contributed by atoms with Crippen LogP contribution in [0, 0.1) is 0 Å². The van der Waals surface area contributed by atoms with Gasteiger partial charge in [0.1, 0.15) is 5.54 Å². The second-order valence-corrected chi connectivity index (χ2v) is 3.60. The van der Waals surface area contributed by atoms with Crippen molar-refractivity contribution in [3.63, 3.8) is 0 Å². The SMILES string of the molecule is CCNC1(C(=O)OCC)CC(OC)C1. The average molecular weight is 201 g/mol. The van der Waals surface area contributed by atoms with E-state index in [2.05, 4.69) is 5.32 Å². The lowest BCUT2D eigenvalue weighted by Gasteiger charge is -2.44. The van der Waals surface area contributed by atoms with Gasteiger partial charge in [0, 0.05) is 20.0 Å². The molecule has 0 aromatic heterocycles. The molecule has 0 heterocycles. The van der Waals surface area contributed by atoms with Gasteiger partial charge < -0.3 is 14.8 Å². The van der Waals surface area contributed by atoms with Gasteiger partial charge in [-0.3, -0.25) is 4.79 Å². The first-order chi connectivity index (χ1) is 6.68. The van der Waals surface area contributed by atoms with Gasteiger partial charge >= 0.3 is 5.97 Å². The number of hydrogen-bond acceptors (Lipinski definition) is 4. The molecule has 0 aliphatic heterocycles. The fourth-order valence-corrected chi connectivity index (χ4v) is 1.87. The number of carbonyl (C=O) groups excluding carboxylic acids is 1. The fraction of sp³-hybridized carbons (Fsp3) is 0.900. The van der Waals surface area contributed by atoms with Gasteiger partial charge in [-0.2, -0.15) is 0 Å². The highest BCUT2D eigenvalue weighted by molar-refractivity contribution is 5.82. The minimum Gasteiger partial charge on any atom is -0.465 e. The third kappa shape index (κ3) is 2.07. The maximum Gasteiger partial charge on any atom is 0.326 e. The third-order valence-corrected chi connectivity index (χ3v) is 2.67. The van der Waals surface area contributed by atoms with E-state index in [1.54, 1.807) is 7.11 Å². The summed E-state index contributed by atoms with van der Waals surface area (Å²) in [6.07, 6.45) is 1.63. The van der Waals surface area contributed by atoms with E-state index in [9.17, 15) is 4.79 Å². The van der Waals surface area contributed by atoms with E-state index in [0.717, 1.165) is 19.4 Å². The lowest BCUT2D eigenvalue weighted by atomic mass is 9.74. The Bertz CT molecular complexity index is 200. The van der Waals surface area contributed by atoms with Crippen molar-refractivity contribution >= 4 is 5.97 Å². The molecule has 1 saturated carbocycles. The van der Waals surface area contributed by atoms with E-state index in [1.807, 2.05) is 13.8 Å². The monoisotopic (exact) mass is 201 g/mol. The number of ether oxygens (including phenoxy) is 2. The first-order valence-corrected chi connectivity index (χ1v) is 5.13. The minimum atomic E-state index is -0.481. The summed E-state index contributed by atoms with van der Waals surface area (Å²) >= 11 is 0. The first-order valence-electron chi connectivity index (χ1n) is 5.13. The molecule has 0 saturated heterocycles. The van der Waals surface area contributed by atoms with Gasteiger partial charge in [-0.05, 0) is 13.5 Å². The minimum absolute atomic E-state index is 0.143. The molecule has 1 aliphatic carbocycles. The van der Waals surface area contributed by atoms with Gasteiger partial charge in [0.05, 0.1) is 12.7 Å². The van der Waals surface area contributed by atoms with Crippen LogP contribution in [-0.2, 0) is 14.3 Å². The first kappa shape index (κ1) is 11.5. The molecule has 0 spiro atoms. The topological polar surface area (TPSA) is 47.6 Å². The molecular formula is C10H19NO3. The zero-order chi connectivity index (χ0) is 10.6. The molecule has 4 heteroatoms. The summed E-state index contributed by atoms with van der Waals surface area (Å²) < 4.78 is 10.2. The summed E-state index contributed by atoms with van der Waals surface area (Å²) in [5, 5.41) is 3.19. The Labute approximate surface area is 85.0 Å². The van der Waals surface area contributed by atoms with Crippen molar-refractivity contribution in [1.29, 1.82) is 0 Å². The molecule has 0 aromatic carbocycles. The molecule has 82 valence electrons. The molecular weight excluding hydrogens is 182 g/mol. The van der Waals surface area contributed by atoms with Crippen LogP contribution in [-0.4, -0.2) is 37.9 Å². The van der Waals surface area contributed by atoms with Crippen molar-refractivity contribution in [2.75, 3.05) is 20.3 Å². The van der Waals surface area contributed by atoms with E-state index < -0.39 is 5.54 Å². The van der Waals surface area contributed by atoms with Crippen LogP contribution < -0.4 is 5.32 Å². The Hall–Kier alpha value is -0.610. The van der Waals surface area contributed by atoms with Crippen LogP contribution in [0.15, 0.2) is 0 Å². The molecule has 1 fully saturated rings. The molecule has 0 aromatic rings. The van der Waals surface area contributed by atoms with Crippen LogP contribution in [0.2, 0.25) is 0 Å². The number of esters is 1. The average Bonchev–Trinajstić information content (AvgIpc) is 2.10. The van der Waals surface area contributed by atoms with Crippen molar-refractivity contribution in [3.8, 4) is 0 Å². The van der Waals surface area contributed by atoms with Gasteiger partial charge in [0.25, 0.3) is 0 Å². The Morgan fingerprint density at radius 2 is 2.14 bits per heavy atom. The lowest BCUT2D eigenvalue weighted by Crippen LogP contribution is -2.63. The number of likely N-dealkylation sites (N-methyl/N-ethyl adjacent to an activating group) is 1. The fourth-order valence-electron chi connectivity index (χ4n) is 1.87. The van der Waals surface area contributed by atoms with E-state index >= 15 is 0 Å². The molecule has 0 unspecified atom stereocenters. The molecule has 0 bridgehead atoms. The predicted octanol–water partition coefficient (Wildman–Crippen LogP) is 0.707. The van der Waals surface area contributed by atoms with Crippen molar-refractivity contribution < 1.29 is 14.3 Å². The molecule has 1 aliphatic rings. The second kappa shape index (κ2) is 4.75. The number of nitrogens with one attached hydrogen (secondary N) is 1. The van der Waals surface area contributed by atoms with Gasteiger partial charge in [-0.25, -0.2) is 0 Å². The van der Waals surface area contributed by atoms with Crippen molar-refractivity contribution in [3.05, 3.63) is 0 Å². The summed E-state index contributed by atoms with van der Waals surface area (Å²) in [4.78, 5) is 11.7. The highest BCUT2D eigenvalue weighted by atomic mass is 16.5. The molecule has 0 atom stereocenters. The maximum atomic E-state index is 11.7. The predicted molar refractivity (Wildman–Crippen MR) is 53.1 cm³/mol. The number of carbonyl (C=O) groups is 1. The van der Waals surface area contributed by atoms with E-state index in [-0.39, 0.29) is 12.1 Å². The lowest BCUT2D eigenvalue weighted by molar-refractivity contribution is -0.162. The maximum absolute atomic E-state index is 11.7. The number of rotatable bonds is 5. The van der Waals surface area contributed by atoms with Crippen molar-refractivity contribution in [1.82, 2.24) is 5.32 Å². The summed E-state index contributed by atoms with van der Waals surface area (Å²) in [5.41, 5.74) is -0.481. The van der Waals surface area contributed by atoms with E-state index in [0.29, 0.717) is 6.61 Å². The van der Waals surface area contributed by atoms with Gasteiger partial charge in [-0.15, -0.1) is 0 Å². The number of hydrogen-bond donors (Lipinski definition) is 1. The normalized spacial score (nSPS) is 30.9. The number of methoxy groups -OCH3 is 1. The Kier molecular flexibility index (Phi) is 3.89. The van der Waals surface area contributed by atoms with Crippen molar-refractivity contribution in [2.45, 2.75) is 38.3 Å². The highest BCUT2D eigenvalue weighted by Crippen LogP contribution is 2.35. The van der Waals surface area contributed by atoms with Crippen LogP contribution in [0.25, 0.3) is 0 Å². The summed E-state index contributed by atoms with van der Waals surface area (Å²) in [6.45, 7) is 5.02. The van der Waals surface area contributed by atoms with Crippen LogP contribution >= 0.6 is 0 Å². The summed E-state index contributed by atoms with van der Waals surface area (Å²) in [5.74, 6) is -0.143. The van der Waals surface area contributed by atoms with Gasteiger partial charge in [0.2, 0.25) is 0 Å². The zero-order valence-electron chi connectivity index (χ0n) is 9.13. The Morgan fingerprint density at radius 3 is 2.57 bits per heavy atom. The zero-order valence-corrected chi connectivity index (χ0v) is 9.13. The Morgan fingerprint density at radius 1 is 1.50 bits per heavy atom. The molecule has 0 radical (unpaired) electrons. The quantitative estimate of drug-likeness (QED) is 0.665. The molecule has 14 heavy (non-hydrogen) atoms. The molecule has 1 N–H and O–H groups in total. The van der Waals surface area contributed by atoms with Gasteiger partial charge in [0.15, 0.2) is 0 Å². The van der Waals surface area contributed by atoms with Crippen molar-refractivity contribution in [2.24, 2.45) is 0 Å². The summed E-state index contributed by atoms with van der Waals surface area (Å²) in [6, 6.07) is 0. The second-order valence-electron chi connectivity index (χ2n) is 3.60. The third-order valence-electron chi connectivity index (χ3n) is 2.67. The van der Waals surface area contributed by atoms with Crippen LogP contribution in [0.5, 0.6) is 0 Å². The van der Waals surface area contributed by atoms with Crippen LogP contribution in [0.4, 0.5) is 0 Å². The smallest absolute Gasteiger partial charge is 0.326 e. The van der Waals surface area contributed by atoms with Crippen LogP contribution in [0.1, 0.15) is 26.7 Å². The van der Waals surface area contributed by atoms with Gasteiger partial charge in [-0.1, -0.05) is 6.92 Å². The van der Waals surface area contributed by atoms with E-state index in [4.69, 9.17) is 9.47 Å². The van der Waals surface area contributed by atoms with Crippen LogP contribution in [0.3, 0.4) is 0 Å². The standard InChI is InChI=1S/C10H19NO3/c1-4-11-10(9(12)14-5-2)6-8(7-10)13-3/h8,11H,4-7H2,1-3H3.